The van der Waals surface area contributed by atoms with Crippen LogP contribution < -0.4 is 9.46 Å². The number of halogens is 2. The first kappa shape index (κ1) is 22.1. The van der Waals surface area contributed by atoms with E-state index in [9.17, 15) is 35.0 Å². The van der Waals surface area contributed by atoms with Gasteiger partial charge in [0.05, 0.1) is 5.69 Å². The molecular weight excluding hydrogens is 444 g/mol. The number of carbonyl (C=O) groups is 1. The maximum absolute atomic E-state index is 13.4. The number of hydrogen-bond acceptors (Lipinski definition) is 7. The molecule has 0 unspecified atom stereocenters. The number of alkyl halides is 2. The first-order valence-electron chi connectivity index (χ1n) is 8.71. The minimum absolute atomic E-state index is 0.306. The SMILES string of the molecule is O=C(Oc1ccccc1S(=O)(=O)Nc1cccc2c1CCCC2)C(F)(F)S(=O)(=O)[O-]. The lowest BCUT2D eigenvalue weighted by molar-refractivity contribution is -0.151. The Bertz CT molecular complexity index is 1190. The predicted octanol–water partition coefficient (Wildman–Crippen LogP) is 2.41. The van der Waals surface area contributed by atoms with Crippen molar-refractivity contribution in [3.05, 3.63) is 53.6 Å². The summed E-state index contributed by atoms with van der Waals surface area (Å²) < 4.78 is 91.1. The van der Waals surface area contributed by atoms with Gasteiger partial charge in [-0.05, 0) is 55.0 Å². The van der Waals surface area contributed by atoms with Gasteiger partial charge in [-0.15, -0.1) is 0 Å². The molecule has 0 aliphatic heterocycles. The van der Waals surface area contributed by atoms with Crippen LogP contribution in [0.4, 0.5) is 14.5 Å². The van der Waals surface area contributed by atoms with Gasteiger partial charge in [0.1, 0.15) is 4.90 Å². The van der Waals surface area contributed by atoms with E-state index in [0.717, 1.165) is 42.5 Å². The average Bonchev–Trinajstić information content (AvgIpc) is 2.67. The van der Waals surface area contributed by atoms with Crippen molar-refractivity contribution in [2.75, 3.05) is 4.72 Å². The number of fused-ring (bicyclic) bond motifs is 1. The van der Waals surface area contributed by atoms with Gasteiger partial charge < -0.3 is 9.29 Å². The Morgan fingerprint density at radius 2 is 1.67 bits per heavy atom. The molecule has 2 aromatic carbocycles. The number of para-hydroxylation sites is 1. The fourth-order valence-electron chi connectivity index (χ4n) is 3.09. The number of aryl methyl sites for hydroxylation is 1. The van der Waals surface area contributed by atoms with Crippen LogP contribution in [-0.2, 0) is 37.8 Å². The maximum Gasteiger partial charge on any atom is 0.429 e. The van der Waals surface area contributed by atoms with Gasteiger partial charge in [0, 0.05) is 0 Å². The number of esters is 1. The standard InChI is InChI=1S/C18H17F2NO7S2/c19-18(20,30(25,26)27)17(22)28-15-10-3-4-11-16(15)29(23,24)21-14-9-5-7-12-6-1-2-8-13(12)14/h3-5,7,9-11,21H,1-2,6,8H2,(H,25,26,27)/p-1. The number of anilines is 1. The van der Waals surface area contributed by atoms with E-state index in [-0.39, 0.29) is 0 Å². The molecule has 1 aliphatic rings. The first-order valence-corrected chi connectivity index (χ1v) is 11.6. The molecule has 162 valence electrons. The van der Waals surface area contributed by atoms with E-state index in [1.165, 1.54) is 12.1 Å². The molecule has 0 atom stereocenters. The number of ether oxygens (including phenoxy) is 1. The topological polar surface area (TPSA) is 130 Å². The minimum atomic E-state index is -6.35. The molecule has 12 heteroatoms. The van der Waals surface area contributed by atoms with E-state index >= 15 is 0 Å². The van der Waals surface area contributed by atoms with Crippen molar-refractivity contribution in [1.82, 2.24) is 0 Å². The van der Waals surface area contributed by atoms with Crippen LogP contribution in [0.3, 0.4) is 0 Å². The summed E-state index contributed by atoms with van der Waals surface area (Å²) >= 11 is 0. The Balaban J connectivity index is 1.95. The minimum Gasteiger partial charge on any atom is -0.743 e. The molecule has 0 amide bonds. The molecule has 0 saturated heterocycles. The van der Waals surface area contributed by atoms with Crippen molar-refractivity contribution < 1.29 is 39.7 Å². The normalized spacial score (nSPS) is 14.6. The second-order valence-electron chi connectivity index (χ2n) is 6.56. The Morgan fingerprint density at radius 3 is 2.37 bits per heavy atom. The molecule has 30 heavy (non-hydrogen) atoms. The largest absolute Gasteiger partial charge is 0.743 e. The van der Waals surface area contributed by atoms with Crippen molar-refractivity contribution in [2.24, 2.45) is 0 Å². The van der Waals surface area contributed by atoms with Crippen molar-refractivity contribution in [3.8, 4) is 5.75 Å². The highest BCUT2D eigenvalue weighted by molar-refractivity contribution is 7.92. The Hall–Kier alpha value is -2.57. The van der Waals surface area contributed by atoms with Crippen LogP contribution in [0.25, 0.3) is 0 Å². The highest BCUT2D eigenvalue weighted by atomic mass is 32.2. The molecule has 8 nitrogen and oxygen atoms in total. The number of sulfonamides is 1. The van der Waals surface area contributed by atoms with Gasteiger partial charge in [-0.25, -0.2) is 21.6 Å². The van der Waals surface area contributed by atoms with Gasteiger partial charge in [0.25, 0.3) is 10.0 Å². The van der Waals surface area contributed by atoms with Gasteiger partial charge in [-0.2, -0.15) is 8.78 Å². The zero-order chi connectivity index (χ0) is 22.2. The highest BCUT2D eigenvalue weighted by Gasteiger charge is 2.49. The van der Waals surface area contributed by atoms with Crippen molar-refractivity contribution in [2.45, 2.75) is 35.8 Å². The summed E-state index contributed by atoms with van der Waals surface area (Å²) in [6, 6.07) is 9.44. The van der Waals surface area contributed by atoms with E-state index in [0.29, 0.717) is 12.1 Å². The third kappa shape index (κ3) is 4.30. The maximum atomic E-state index is 13.4. The van der Waals surface area contributed by atoms with Crippen molar-refractivity contribution in [1.29, 1.82) is 0 Å². The lowest BCUT2D eigenvalue weighted by Crippen LogP contribution is -2.40. The summed E-state index contributed by atoms with van der Waals surface area (Å²) in [5.74, 6) is -3.54. The van der Waals surface area contributed by atoms with E-state index in [4.69, 9.17) is 0 Å². The Morgan fingerprint density at radius 1 is 1.00 bits per heavy atom. The van der Waals surface area contributed by atoms with Crippen LogP contribution in [0.2, 0.25) is 0 Å². The molecular formula is C18H16F2NO7S2-. The monoisotopic (exact) mass is 460 g/mol. The predicted molar refractivity (Wildman–Crippen MR) is 101 cm³/mol. The van der Waals surface area contributed by atoms with E-state index in [1.807, 2.05) is 6.07 Å². The third-order valence-electron chi connectivity index (χ3n) is 4.53. The zero-order valence-corrected chi connectivity index (χ0v) is 16.9. The molecule has 0 radical (unpaired) electrons. The van der Waals surface area contributed by atoms with Crippen LogP contribution in [0.5, 0.6) is 5.75 Å². The van der Waals surface area contributed by atoms with Crippen LogP contribution >= 0.6 is 0 Å². The fourth-order valence-corrected chi connectivity index (χ4v) is 4.56. The van der Waals surface area contributed by atoms with Crippen LogP contribution in [0.15, 0.2) is 47.4 Å². The number of rotatable bonds is 6. The summed E-state index contributed by atoms with van der Waals surface area (Å²) in [4.78, 5) is 10.9. The number of benzene rings is 2. The van der Waals surface area contributed by atoms with E-state index in [2.05, 4.69) is 9.46 Å². The van der Waals surface area contributed by atoms with Crippen LogP contribution in [-0.4, -0.2) is 32.6 Å². The average molecular weight is 460 g/mol. The summed E-state index contributed by atoms with van der Waals surface area (Å²) in [6.07, 6.45) is 3.29. The second-order valence-corrected chi connectivity index (χ2v) is 9.63. The molecule has 0 aromatic heterocycles. The van der Waals surface area contributed by atoms with Gasteiger partial charge >= 0.3 is 11.2 Å². The first-order chi connectivity index (χ1) is 13.9. The lowest BCUT2D eigenvalue weighted by atomic mass is 9.91. The summed E-state index contributed by atoms with van der Waals surface area (Å²) in [7, 11) is -10.8. The molecule has 3 rings (SSSR count). The number of hydrogen-bond donors (Lipinski definition) is 1. The molecule has 0 bridgehead atoms. The molecule has 0 fully saturated rings. The van der Waals surface area contributed by atoms with E-state index < -0.39 is 42.0 Å². The van der Waals surface area contributed by atoms with Crippen molar-refractivity contribution >= 4 is 31.8 Å². The third-order valence-corrected chi connectivity index (χ3v) is 6.73. The molecule has 2 aromatic rings. The summed E-state index contributed by atoms with van der Waals surface area (Å²) in [5, 5.41) is -5.38. The molecule has 1 N–H and O–H groups in total. The molecule has 0 spiro atoms. The van der Waals surface area contributed by atoms with Crippen LogP contribution in [0.1, 0.15) is 24.0 Å². The Labute approximate surface area is 171 Å². The van der Waals surface area contributed by atoms with E-state index in [1.54, 1.807) is 12.1 Å². The second kappa shape index (κ2) is 7.93. The summed E-state index contributed by atoms with van der Waals surface area (Å²) in [5.41, 5.74) is 2.10. The highest BCUT2D eigenvalue weighted by Crippen LogP contribution is 2.32. The van der Waals surface area contributed by atoms with Gasteiger partial charge in [-0.1, -0.05) is 24.3 Å². The Kier molecular flexibility index (Phi) is 5.85. The lowest BCUT2D eigenvalue weighted by Gasteiger charge is -2.21. The number of nitrogens with one attached hydrogen (secondary N) is 1. The molecule has 0 heterocycles. The summed E-state index contributed by atoms with van der Waals surface area (Å²) in [6.45, 7) is 0. The van der Waals surface area contributed by atoms with Gasteiger partial charge in [0.15, 0.2) is 15.9 Å². The quantitative estimate of drug-likeness (QED) is 0.398. The fraction of sp³-hybridized carbons (Fsp3) is 0.278. The smallest absolute Gasteiger partial charge is 0.429 e. The van der Waals surface area contributed by atoms with Gasteiger partial charge in [-0.3, -0.25) is 4.72 Å². The van der Waals surface area contributed by atoms with Gasteiger partial charge in [0.2, 0.25) is 0 Å². The number of carbonyl (C=O) groups excluding carboxylic acids is 1. The molecule has 0 saturated carbocycles. The molecule has 1 aliphatic carbocycles. The van der Waals surface area contributed by atoms with Crippen LogP contribution in [0, 0.1) is 0 Å². The van der Waals surface area contributed by atoms with Crippen molar-refractivity contribution in [3.63, 3.8) is 0 Å². The zero-order valence-electron chi connectivity index (χ0n) is 15.3.